The van der Waals surface area contributed by atoms with Gasteiger partial charge in [-0.2, -0.15) is 9.57 Å². The minimum Gasteiger partial charge on any atom is -0.319 e. The molecule has 0 spiro atoms. The maximum Gasteiger partial charge on any atom is 0.244 e. The minimum atomic E-state index is -3.46. The van der Waals surface area contributed by atoms with Crippen LogP contribution in [0.3, 0.4) is 0 Å². The third-order valence-corrected chi connectivity index (χ3v) is 6.54. The predicted octanol–water partition coefficient (Wildman–Crippen LogP) is 0.250. The van der Waals surface area contributed by atoms with Crippen molar-refractivity contribution in [3.63, 3.8) is 0 Å². The van der Waals surface area contributed by atoms with Crippen LogP contribution in [-0.4, -0.2) is 44.9 Å². The first kappa shape index (κ1) is 15.4. The summed E-state index contributed by atoms with van der Waals surface area (Å²) < 4.78 is 27.2. The summed E-state index contributed by atoms with van der Waals surface area (Å²) in [5.74, 6) is 0. The second-order valence-electron chi connectivity index (χ2n) is 4.84. The van der Waals surface area contributed by atoms with Crippen LogP contribution in [0.5, 0.6) is 0 Å². The molecule has 0 unspecified atom stereocenters. The summed E-state index contributed by atoms with van der Waals surface area (Å²) in [5.41, 5.74) is 0. The van der Waals surface area contributed by atoms with E-state index in [9.17, 15) is 8.42 Å². The van der Waals surface area contributed by atoms with Gasteiger partial charge in [-0.3, -0.25) is 0 Å². The first-order chi connectivity index (χ1) is 9.46. The molecule has 1 aliphatic rings. The van der Waals surface area contributed by atoms with Gasteiger partial charge in [0.2, 0.25) is 10.0 Å². The SMILES string of the molecule is C[C@H](C#N)[NH+]1CCN(S(=O)(=O)c2ccccc2Br)CC1. The second-order valence-corrected chi connectivity index (χ2v) is 7.60. The molecule has 1 fully saturated rings. The van der Waals surface area contributed by atoms with Gasteiger partial charge < -0.3 is 4.90 Å². The lowest BCUT2D eigenvalue weighted by Gasteiger charge is -2.32. The van der Waals surface area contributed by atoms with Gasteiger partial charge in [-0.15, -0.1) is 0 Å². The first-order valence-corrected chi connectivity index (χ1v) is 8.69. The van der Waals surface area contributed by atoms with E-state index < -0.39 is 10.0 Å². The third-order valence-electron chi connectivity index (χ3n) is 3.63. The van der Waals surface area contributed by atoms with Gasteiger partial charge in [-0.05, 0) is 28.1 Å². The summed E-state index contributed by atoms with van der Waals surface area (Å²) in [7, 11) is -3.46. The number of halogens is 1. The molecule has 20 heavy (non-hydrogen) atoms. The van der Waals surface area contributed by atoms with Crippen molar-refractivity contribution >= 4 is 26.0 Å². The molecule has 2 rings (SSSR count). The summed E-state index contributed by atoms with van der Waals surface area (Å²) in [4.78, 5) is 1.45. The molecule has 0 amide bonds. The molecule has 7 heteroatoms. The van der Waals surface area contributed by atoms with Crippen molar-refractivity contribution < 1.29 is 13.3 Å². The second kappa shape index (κ2) is 6.22. The molecule has 1 N–H and O–H groups in total. The van der Waals surface area contributed by atoms with Crippen molar-refractivity contribution in [2.45, 2.75) is 17.9 Å². The third kappa shape index (κ3) is 3.04. The number of hydrogen-bond donors (Lipinski definition) is 1. The molecule has 1 saturated heterocycles. The van der Waals surface area contributed by atoms with Gasteiger partial charge >= 0.3 is 0 Å². The van der Waals surface area contributed by atoms with Crippen LogP contribution in [-0.2, 0) is 10.0 Å². The summed E-state index contributed by atoms with van der Waals surface area (Å²) in [6, 6.07) is 8.97. The van der Waals surface area contributed by atoms with Crippen molar-refractivity contribution in [3.05, 3.63) is 28.7 Å². The Kier molecular flexibility index (Phi) is 4.81. The highest BCUT2D eigenvalue weighted by molar-refractivity contribution is 9.10. The van der Waals surface area contributed by atoms with Crippen molar-refractivity contribution in [2.24, 2.45) is 0 Å². The van der Waals surface area contributed by atoms with Gasteiger partial charge in [-0.1, -0.05) is 12.1 Å². The number of quaternary nitrogens is 1. The van der Waals surface area contributed by atoms with Crippen molar-refractivity contribution in [1.29, 1.82) is 5.26 Å². The molecule has 108 valence electrons. The van der Waals surface area contributed by atoms with Crippen molar-refractivity contribution in [2.75, 3.05) is 26.2 Å². The molecule has 0 radical (unpaired) electrons. The van der Waals surface area contributed by atoms with E-state index in [1.54, 1.807) is 24.3 Å². The largest absolute Gasteiger partial charge is 0.319 e. The van der Waals surface area contributed by atoms with E-state index in [-0.39, 0.29) is 6.04 Å². The van der Waals surface area contributed by atoms with E-state index >= 15 is 0 Å². The Morgan fingerprint density at radius 3 is 2.50 bits per heavy atom. The lowest BCUT2D eigenvalue weighted by atomic mass is 10.2. The standard InChI is InChI=1S/C13H16BrN3O2S/c1-11(10-15)16-6-8-17(9-7-16)20(18,19)13-5-3-2-4-12(13)14/h2-5,11H,6-9H2,1H3/p+1/t11-/m1/s1. The molecule has 1 heterocycles. The summed E-state index contributed by atoms with van der Waals surface area (Å²) >= 11 is 3.29. The van der Waals surface area contributed by atoms with E-state index in [1.807, 2.05) is 6.92 Å². The van der Waals surface area contributed by atoms with Crippen LogP contribution in [0.1, 0.15) is 6.92 Å². The van der Waals surface area contributed by atoms with E-state index in [0.717, 1.165) is 4.90 Å². The Bertz CT molecular complexity index is 619. The van der Waals surface area contributed by atoms with Gasteiger partial charge in [0, 0.05) is 11.4 Å². The summed E-state index contributed by atoms with van der Waals surface area (Å²) in [5, 5.41) is 8.92. The fraction of sp³-hybridized carbons (Fsp3) is 0.462. The Morgan fingerprint density at radius 1 is 1.35 bits per heavy atom. The maximum atomic E-state index is 12.6. The molecule has 1 aromatic rings. The smallest absolute Gasteiger partial charge is 0.244 e. The highest BCUT2D eigenvalue weighted by atomic mass is 79.9. The molecular weight excluding hydrogens is 342 g/mol. The van der Waals surface area contributed by atoms with Crippen LogP contribution in [0.25, 0.3) is 0 Å². The Hall–Kier alpha value is -0.940. The molecule has 0 saturated carbocycles. The van der Waals surface area contributed by atoms with Crippen LogP contribution < -0.4 is 4.90 Å². The number of piperazine rings is 1. The van der Waals surface area contributed by atoms with Crippen LogP contribution >= 0.6 is 15.9 Å². The van der Waals surface area contributed by atoms with E-state index in [2.05, 4.69) is 22.0 Å². The molecule has 0 aliphatic carbocycles. The van der Waals surface area contributed by atoms with Crippen molar-refractivity contribution in [1.82, 2.24) is 4.31 Å². The number of nitrogens with one attached hydrogen (secondary N) is 1. The monoisotopic (exact) mass is 358 g/mol. The average Bonchev–Trinajstić information content (AvgIpc) is 2.47. The van der Waals surface area contributed by atoms with E-state index in [4.69, 9.17) is 5.26 Å². The zero-order valence-electron chi connectivity index (χ0n) is 11.2. The topological polar surface area (TPSA) is 65.6 Å². The van der Waals surface area contributed by atoms with E-state index in [0.29, 0.717) is 35.5 Å². The molecule has 0 aromatic heterocycles. The zero-order valence-corrected chi connectivity index (χ0v) is 13.6. The number of sulfonamides is 1. The number of nitrogens with zero attached hydrogens (tertiary/aromatic N) is 2. The van der Waals surface area contributed by atoms with Crippen LogP contribution in [0.4, 0.5) is 0 Å². The Balaban J connectivity index is 2.15. The number of nitriles is 1. The first-order valence-electron chi connectivity index (χ1n) is 6.45. The minimum absolute atomic E-state index is 0.0942. The van der Waals surface area contributed by atoms with Gasteiger partial charge in [0.1, 0.15) is 6.07 Å². The number of hydrogen-bond acceptors (Lipinski definition) is 3. The fourth-order valence-corrected chi connectivity index (χ4v) is 4.74. The van der Waals surface area contributed by atoms with Gasteiger partial charge in [0.25, 0.3) is 0 Å². The number of rotatable bonds is 3. The molecule has 1 atom stereocenters. The van der Waals surface area contributed by atoms with Gasteiger partial charge in [0.15, 0.2) is 6.04 Å². The summed E-state index contributed by atoms with van der Waals surface area (Å²) in [6.45, 7) is 4.10. The summed E-state index contributed by atoms with van der Waals surface area (Å²) in [6.07, 6.45) is 0. The molecule has 5 nitrogen and oxygen atoms in total. The lowest BCUT2D eigenvalue weighted by molar-refractivity contribution is -0.918. The van der Waals surface area contributed by atoms with Gasteiger partial charge in [0.05, 0.1) is 31.1 Å². The normalized spacial score (nSPS) is 19.4. The Morgan fingerprint density at radius 2 is 1.95 bits per heavy atom. The number of benzene rings is 1. The van der Waals surface area contributed by atoms with Crippen LogP contribution in [0, 0.1) is 11.3 Å². The lowest BCUT2D eigenvalue weighted by Crippen LogP contribution is -3.17. The highest BCUT2D eigenvalue weighted by Gasteiger charge is 2.32. The molecule has 0 bridgehead atoms. The quantitative estimate of drug-likeness (QED) is 0.842. The van der Waals surface area contributed by atoms with Crippen molar-refractivity contribution in [3.8, 4) is 6.07 Å². The molecule has 1 aromatic carbocycles. The highest BCUT2D eigenvalue weighted by Crippen LogP contribution is 2.24. The average molecular weight is 359 g/mol. The van der Waals surface area contributed by atoms with Crippen LogP contribution in [0.2, 0.25) is 0 Å². The predicted molar refractivity (Wildman–Crippen MR) is 78.7 cm³/mol. The zero-order chi connectivity index (χ0) is 14.8. The fourth-order valence-electron chi connectivity index (χ4n) is 2.33. The Labute approximate surface area is 128 Å². The molecule has 1 aliphatic heterocycles. The molecular formula is C13H17BrN3O2S+. The van der Waals surface area contributed by atoms with Gasteiger partial charge in [-0.25, -0.2) is 8.42 Å². The van der Waals surface area contributed by atoms with Crippen LogP contribution in [0.15, 0.2) is 33.6 Å². The van der Waals surface area contributed by atoms with E-state index in [1.165, 1.54) is 4.31 Å². The maximum absolute atomic E-state index is 12.6.